The van der Waals surface area contributed by atoms with Crippen LogP contribution in [0.15, 0.2) is 60.8 Å². The maximum Gasteiger partial charge on any atom is 0.263 e. The third-order valence-electron chi connectivity index (χ3n) is 4.47. The standard InChI is InChI=1S/C23H25N3O3/c1-4-17-9-7-8-16(2)23(17)25-18-12-13-21(24-14-18)26-22(27)15-29-20-11-6-5-10-19(20)28-3/h5-14,25H,4,15H2,1-3H3,(H,24,26,27). The Morgan fingerprint density at radius 1 is 1.03 bits per heavy atom. The van der Waals surface area contributed by atoms with Crippen molar-refractivity contribution in [3.8, 4) is 11.5 Å². The molecule has 1 heterocycles. The van der Waals surface area contributed by atoms with Gasteiger partial charge in [-0.05, 0) is 48.7 Å². The number of aryl methyl sites for hydroxylation is 2. The lowest BCUT2D eigenvalue weighted by Gasteiger charge is -2.14. The lowest BCUT2D eigenvalue weighted by Crippen LogP contribution is -2.20. The minimum absolute atomic E-state index is 0.134. The Labute approximate surface area is 170 Å². The summed E-state index contributed by atoms with van der Waals surface area (Å²) in [4.78, 5) is 16.5. The summed E-state index contributed by atoms with van der Waals surface area (Å²) in [7, 11) is 1.56. The number of nitrogens with one attached hydrogen (secondary N) is 2. The van der Waals surface area contributed by atoms with E-state index in [1.165, 1.54) is 11.1 Å². The van der Waals surface area contributed by atoms with Gasteiger partial charge in [0.25, 0.3) is 5.91 Å². The number of para-hydroxylation sites is 3. The van der Waals surface area contributed by atoms with E-state index in [0.29, 0.717) is 17.3 Å². The fourth-order valence-electron chi connectivity index (χ4n) is 2.95. The van der Waals surface area contributed by atoms with E-state index in [1.54, 1.807) is 31.5 Å². The molecule has 0 bridgehead atoms. The minimum Gasteiger partial charge on any atom is -0.493 e. The zero-order valence-corrected chi connectivity index (χ0v) is 16.9. The highest BCUT2D eigenvalue weighted by molar-refractivity contribution is 5.91. The lowest BCUT2D eigenvalue weighted by atomic mass is 10.1. The number of rotatable bonds is 8. The van der Waals surface area contributed by atoms with Crippen molar-refractivity contribution in [3.05, 3.63) is 71.9 Å². The Hall–Kier alpha value is -3.54. The van der Waals surface area contributed by atoms with Gasteiger partial charge in [0, 0.05) is 5.69 Å². The molecule has 0 fully saturated rings. The van der Waals surface area contributed by atoms with Crippen LogP contribution in [0.2, 0.25) is 0 Å². The van der Waals surface area contributed by atoms with Gasteiger partial charge in [-0.2, -0.15) is 0 Å². The molecule has 0 saturated heterocycles. The van der Waals surface area contributed by atoms with Crippen molar-refractivity contribution in [2.45, 2.75) is 20.3 Å². The molecule has 3 aromatic rings. The van der Waals surface area contributed by atoms with Gasteiger partial charge < -0.3 is 20.1 Å². The Bertz CT molecular complexity index is 971. The maximum atomic E-state index is 12.2. The summed E-state index contributed by atoms with van der Waals surface area (Å²) in [5.74, 6) is 1.26. The average molecular weight is 391 g/mol. The number of nitrogens with zero attached hydrogens (tertiary/aromatic N) is 1. The summed E-state index contributed by atoms with van der Waals surface area (Å²) in [5, 5.41) is 6.15. The SMILES string of the molecule is CCc1cccc(C)c1Nc1ccc(NC(=O)COc2ccccc2OC)nc1. The zero-order valence-electron chi connectivity index (χ0n) is 16.9. The van der Waals surface area contributed by atoms with Crippen LogP contribution in [0.4, 0.5) is 17.2 Å². The molecule has 0 aliphatic rings. The monoisotopic (exact) mass is 391 g/mol. The van der Waals surface area contributed by atoms with E-state index in [4.69, 9.17) is 9.47 Å². The average Bonchev–Trinajstić information content (AvgIpc) is 2.75. The van der Waals surface area contributed by atoms with Crippen LogP contribution in [-0.2, 0) is 11.2 Å². The molecule has 0 aliphatic carbocycles. The number of benzene rings is 2. The number of carbonyl (C=O) groups excluding carboxylic acids is 1. The molecule has 6 nitrogen and oxygen atoms in total. The van der Waals surface area contributed by atoms with Crippen LogP contribution >= 0.6 is 0 Å². The van der Waals surface area contributed by atoms with Gasteiger partial charge in [0.2, 0.25) is 0 Å². The number of ether oxygens (including phenoxy) is 2. The lowest BCUT2D eigenvalue weighted by molar-refractivity contribution is -0.118. The van der Waals surface area contributed by atoms with E-state index in [-0.39, 0.29) is 12.5 Å². The molecule has 1 amide bonds. The van der Waals surface area contributed by atoms with Crippen molar-refractivity contribution in [2.24, 2.45) is 0 Å². The van der Waals surface area contributed by atoms with Gasteiger partial charge in [-0.25, -0.2) is 4.98 Å². The zero-order chi connectivity index (χ0) is 20.6. The van der Waals surface area contributed by atoms with Crippen LogP contribution in [0, 0.1) is 6.92 Å². The fourth-order valence-corrected chi connectivity index (χ4v) is 2.95. The Balaban J connectivity index is 1.58. The smallest absolute Gasteiger partial charge is 0.263 e. The summed E-state index contributed by atoms with van der Waals surface area (Å²) in [6.07, 6.45) is 2.64. The van der Waals surface area contributed by atoms with Crippen LogP contribution in [0.3, 0.4) is 0 Å². The molecule has 150 valence electrons. The normalized spacial score (nSPS) is 10.3. The molecule has 0 radical (unpaired) electrons. The number of anilines is 3. The van der Waals surface area contributed by atoms with Crippen molar-refractivity contribution >= 4 is 23.1 Å². The van der Waals surface area contributed by atoms with Gasteiger partial charge in [0.15, 0.2) is 18.1 Å². The first-order valence-corrected chi connectivity index (χ1v) is 9.48. The molecule has 0 aliphatic heterocycles. The molecule has 0 unspecified atom stereocenters. The highest BCUT2D eigenvalue weighted by Gasteiger charge is 2.09. The highest BCUT2D eigenvalue weighted by Crippen LogP contribution is 2.26. The van der Waals surface area contributed by atoms with Gasteiger partial charge in [-0.1, -0.05) is 37.3 Å². The van der Waals surface area contributed by atoms with E-state index in [1.807, 2.05) is 18.2 Å². The van der Waals surface area contributed by atoms with Crippen LogP contribution in [-0.4, -0.2) is 24.6 Å². The van der Waals surface area contributed by atoms with Crippen molar-refractivity contribution in [1.82, 2.24) is 4.98 Å². The third kappa shape index (κ3) is 5.25. The van der Waals surface area contributed by atoms with E-state index in [9.17, 15) is 4.79 Å². The summed E-state index contributed by atoms with van der Waals surface area (Å²) in [6, 6.07) is 17.1. The second-order valence-corrected chi connectivity index (χ2v) is 6.51. The van der Waals surface area contributed by atoms with E-state index < -0.39 is 0 Å². The number of amides is 1. The maximum absolute atomic E-state index is 12.2. The Kier molecular flexibility index (Phi) is 6.68. The van der Waals surface area contributed by atoms with Crippen molar-refractivity contribution < 1.29 is 14.3 Å². The van der Waals surface area contributed by atoms with Crippen molar-refractivity contribution in [2.75, 3.05) is 24.4 Å². The second kappa shape index (κ2) is 9.59. The first-order valence-electron chi connectivity index (χ1n) is 9.48. The molecule has 0 spiro atoms. The minimum atomic E-state index is -0.295. The predicted octanol–water partition coefficient (Wildman–Crippen LogP) is 4.72. The number of carbonyl (C=O) groups is 1. The van der Waals surface area contributed by atoms with Gasteiger partial charge in [-0.3, -0.25) is 4.79 Å². The number of hydrogen-bond acceptors (Lipinski definition) is 5. The van der Waals surface area contributed by atoms with Gasteiger partial charge in [0.05, 0.1) is 19.0 Å². The molecular weight excluding hydrogens is 366 g/mol. The van der Waals surface area contributed by atoms with E-state index in [2.05, 4.69) is 47.7 Å². The van der Waals surface area contributed by atoms with E-state index >= 15 is 0 Å². The first-order chi connectivity index (χ1) is 14.1. The number of aromatic nitrogens is 1. The third-order valence-corrected chi connectivity index (χ3v) is 4.47. The fraction of sp³-hybridized carbons (Fsp3) is 0.217. The van der Waals surface area contributed by atoms with Gasteiger partial charge in [0.1, 0.15) is 5.82 Å². The summed E-state index contributed by atoms with van der Waals surface area (Å²) in [5.41, 5.74) is 4.38. The van der Waals surface area contributed by atoms with Crippen LogP contribution in [0.25, 0.3) is 0 Å². The predicted molar refractivity (Wildman–Crippen MR) is 115 cm³/mol. The van der Waals surface area contributed by atoms with Gasteiger partial charge in [-0.15, -0.1) is 0 Å². The van der Waals surface area contributed by atoms with Crippen molar-refractivity contribution in [3.63, 3.8) is 0 Å². The number of pyridine rings is 1. The second-order valence-electron chi connectivity index (χ2n) is 6.51. The van der Waals surface area contributed by atoms with Crippen LogP contribution in [0.5, 0.6) is 11.5 Å². The van der Waals surface area contributed by atoms with Crippen LogP contribution < -0.4 is 20.1 Å². The molecule has 1 aromatic heterocycles. The largest absolute Gasteiger partial charge is 0.493 e. The molecule has 2 N–H and O–H groups in total. The molecular formula is C23H25N3O3. The molecule has 0 atom stereocenters. The highest BCUT2D eigenvalue weighted by atomic mass is 16.5. The Morgan fingerprint density at radius 3 is 2.52 bits per heavy atom. The summed E-state index contributed by atoms with van der Waals surface area (Å²) in [6.45, 7) is 4.07. The van der Waals surface area contributed by atoms with Crippen molar-refractivity contribution in [1.29, 1.82) is 0 Å². The molecule has 2 aromatic carbocycles. The van der Waals surface area contributed by atoms with E-state index in [0.717, 1.165) is 17.8 Å². The summed E-state index contributed by atoms with van der Waals surface area (Å²) >= 11 is 0. The quantitative estimate of drug-likeness (QED) is 0.581. The number of hydrogen-bond donors (Lipinski definition) is 2. The molecule has 29 heavy (non-hydrogen) atoms. The Morgan fingerprint density at radius 2 is 1.83 bits per heavy atom. The first kappa shape index (κ1) is 20.2. The molecule has 6 heteroatoms. The molecule has 0 saturated carbocycles. The summed E-state index contributed by atoms with van der Waals surface area (Å²) < 4.78 is 10.7. The van der Waals surface area contributed by atoms with Gasteiger partial charge >= 0.3 is 0 Å². The topological polar surface area (TPSA) is 72.5 Å². The van der Waals surface area contributed by atoms with Crippen LogP contribution in [0.1, 0.15) is 18.1 Å². The molecule has 3 rings (SSSR count). The number of methoxy groups -OCH3 is 1.